The molecule has 0 saturated heterocycles. The smallest absolute Gasteiger partial charge is 0.410 e. The van der Waals surface area contributed by atoms with Crippen molar-refractivity contribution in [2.45, 2.75) is 65.7 Å². The molecule has 0 spiro atoms. The Kier molecular flexibility index (Phi) is 11.5. The summed E-state index contributed by atoms with van der Waals surface area (Å²) in [4.78, 5) is 52.1. The van der Waals surface area contributed by atoms with Crippen LogP contribution in [0.4, 0.5) is 10.5 Å². The average Bonchev–Trinajstić information content (AvgIpc) is 2.88. The second-order valence-corrected chi connectivity index (χ2v) is 11.2. The first-order chi connectivity index (χ1) is 19.2. The van der Waals surface area contributed by atoms with Gasteiger partial charge in [-0.3, -0.25) is 9.59 Å². The van der Waals surface area contributed by atoms with Gasteiger partial charge in [0.15, 0.2) is 6.29 Å². The minimum Gasteiger partial charge on any atom is -0.490 e. The van der Waals surface area contributed by atoms with Crippen LogP contribution in [-0.2, 0) is 41.5 Å². The van der Waals surface area contributed by atoms with E-state index in [-0.39, 0.29) is 29.3 Å². The van der Waals surface area contributed by atoms with Crippen molar-refractivity contribution in [3.8, 4) is 0 Å². The van der Waals surface area contributed by atoms with Crippen molar-refractivity contribution in [2.24, 2.45) is 0 Å². The maximum absolute atomic E-state index is 13.2. The zero-order valence-corrected chi connectivity index (χ0v) is 25.0. The minimum atomic E-state index is -0.785. The fourth-order valence-corrected chi connectivity index (χ4v) is 3.65. The van der Waals surface area contributed by atoms with Gasteiger partial charge in [-0.25, -0.2) is 9.59 Å². The number of allylic oxidation sites excluding steroid dienone is 1. The lowest BCUT2D eigenvalue weighted by atomic mass is 10.1. The van der Waals surface area contributed by atoms with E-state index in [0.717, 1.165) is 5.56 Å². The maximum atomic E-state index is 13.2. The molecule has 0 aromatic heterocycles. The number of anilines is 1. The van der Waals surface area contributed by atoms with E-state index in [2.05, 4.69) is 5.32 Å². The zero-order valence-electron chi connectivity index (χ0n) is 25.0. The molecule has 0 heterocycles. The largest absolute Gasteiger partial charge is 0.490 e. The number of ether oxygens (including phenoxy) is 4. The Hall–Kier alpha value is -4.34. The topological polar surface area (TPSA) is 120 Å². The first kappa shape index (κ1) is 32.9. The number of hydrogen-bond acceptors (Lipinski definition) is 8. The molecule has 2 amide bonds. The summed E-state index contributed by atoms with van der Waals surface area (Å²) in [5, 5.41) is 2.69. The Morgan fingerprint density at radius 3 is 2.05 bits per heavy atom. The van der Waals surface area contributed by atoms with Gasteiger partial charge in [0.1, 0.15) is 11.2 Å². The van der Waals surface area contributed by atoms with Gasteiger partial charge in [-0.05, 0) is 71.2 Å². The van der Waals surface area contributed by atoms with E-state index in [4.69, 9.17) is 18.9 Å². The van der Waals surface area contributed by atoms with E-state index < -0.39 is 29.2 Å². The number of carbonyl (C=O) groups is 4. The second kappa shape index (κ2) is 14.3. The molecule has 0 unspecified atom stereocenters. The van der Waals surface area contributed by atoms with Gasteiger partial charge in [0.2, 0.25) is 11.5 Å². The van der Waals surface area contributed by atoms with E-state index in [0.29, 0.717) is 24.8 Å². The van der Waals surface area contributed by atoms with Crippen molar-refractivity contribution in [2.75, 3.05) is 26.1 Å². The number of carbonyl (C=O) groups excluding carboxylic acids is 4. The third-order valence-electron chi connectivity index (χ3n) is 5.48. The van der Waals surface area contributed by atoms with Crippen molar-refractivity contribution >= 4 is 29.9 Å². The highest BCUT2D eigenvalue weighted by molar-refractivity contribution is 6.06. The predicted octanol–water partition coefficient (Wildman–Crippen LogP) is 5.26. The highest BCUT2D eigenvalue weighted by Gasteiger charge is 2.26. The molecule has 0 bridgehead atoms. The Labute approximate surface area is 241 Å². The molecule has 0 fully saturated rings. The summed E-state index contributed by atoms with van der Waals surface area (Å²) < 4.78 is 21.2. The standard InChI is InChI=1S/C31H40N2O8/c1-30(2,3)40-28(36)22-14-15-23(24(18-22)32-27(35)26(39-8)25(20-34)38-7)19-33(29(37)41-31(4,5)6)17-16-21-12-10-9-11-13-21/h9-15,18,20H,16-17,19H2,1-8H3,(H,32,35)/b26-25+. The number of esters is 1. The van der Waals surface area contributed by atoms with Crippen LogP contribution in [0.1, 0.15) is 63.0 Å². The monoisotopic (exact) mass is 568 g/mol. The molecule has 10 heteroatoms. The van der Waals surface area contributed by atoms with Crippen LogP contribution in [0.5, 0.6) is 0 Å². The number of nitrogens with one attached hydrogen (secondary N) is 1. The van der Waals surface area contributed by atoms with Crippen molar-refractivity contribution in [1.29, 1.82) is 0 Å². The van der Waals surface area contributed by atoms with Gasteiger partial charge in [-0.15, -0.1) is 0 Å². The molecule has 1 N–H and O–H groups in total. The van der Waals surface area contributed by atoms with Crippen LogP contribution >= 0.6 is 0 Å². The number of nitrogens with zero attached hydrogens (tertiary/aromatic N) is 1. The van der Waals surface area contributed by atoms with Crippen LogP contribution in [-0.4, -0.2) is 61.1 Å². The van der Waals surface area contributed by atoms with E-state index in [1.165, 1.54) is 25.2 Å². The first-order valence-electron chi connectivity index (χ1n) is 13.1. The Morgan fingerprint density at radius 2 is 1.51 bits per heavy atom. The Balaban J connectivity index is 2.52. The normalized spacial score (nSPS) is 12.0. The number of benzene rings is 2. The van der Waals surface area contributed by atoms with Crippen LogP contribution in [0.3, 0.4) is 0 Å². The molecular weight excluding hydrogens is 528 g/mol. The van der Waals surface area contributed by atoms with Gasteiger partial charge in [0.05, 0.1) is 26.3 Å². The van der Waals surface area contributed by atoms with Gasteiger partial charge >= 0.3 is 12.1 Å². The van der Waals surface area contributed by atoms with E-state index in [9.17, 15) is 19.2 Å². The van der Waals surface area contributed by atoms with Gasteiger partial charge < -0.3 is 29.2 Å². The quantitative estimate of drug-likeness (QED) is 0.169. The molecule has 0 aliphatic carbocycles. The Bertz CT molecular complexity index is 1260. The summed E-state index contributed by atoms with van der Waals surface area (Å²) in [6.07, 6.45) is 0.372. The van der Waals surface area contributed by atoms with Crippen LogP contribution in [0.2, 0.25) is 0 Å². The molecule has 0 saturated carbocycles. The lowest BCUT2D eigenvalue weighted by molar-refractivity contribution is -0.117. The SMILES string of the molecule is CO/C(C=O)=C(/OC)C(=O)Nc1cc(C(=O)OC(C)(C)C)ccc1CN(CCc1ccccc1)C(=O)OC(C)(C)C. The first-order valence-corrected chi connectivity index (χ1v) is 13.1. The average molecular weight is 569 g/mol. The van der Waals surface area contributed by atoms with Gasteiger partial charge in [0.25, 0.3) is 5.91 Å². The highest BCUT2D eigenvalue weighted by Crippen LogP contribution is 2.24. The van der Waals surface area contributed by atoms with Crippen molar-refractivity contribution in [3.63, 3.8) is 0 Å². The summed E-state index contributed by atoms with van der Waals surface area (Å²) in [5.41, 5.74) is 0.451. The fraction of sp³-hybridized carbons (Fsp3) is 0.419. The summed E-state index contributed by atoms with van der Waals surface area (Å²) in [6.45, 7) is 10.9. The molecule has 2 rings (SSSR count). The minimum absolute atomic E-state index is 0.0444. The summed E-state index contributed by atoms with van der Waals surface area (Å²) in [7, 11) is 2.46. The number of hydrogen-bond donors (Lipinski definition) is 1. The van der Waals surface area contributed by atoms with Crippen LogP contribution in [0, 0.1) is 0 Å². The number of rotatable bonds is 11. The lowest BCUT2D eigenvalue weighted by Crippen LogP contribution is -2.38. The molecule has 0 aliphatic heterocycles. The second-order valence-electron chi connectivity index (χ2n) is 11.2. The van der Waals surface area contributed by atoms with E-state index in [1.54, 1.807) is 53.7 Å². The molecule has 2 aromatic rings. The van der Waals surface area contributed by atoms with Gasteiger partial charge in [0, 0.05) is 12.2 Å². The van der Waals surface area contributed by atoms with Crippen LogP contribution < -0.4 is 5.32 Å². The third-order valence-corrected chi connectivity index (χ3v) is 5.48. The number of aldehydes is 1. The molecule has 10 nitrogen and oxygen atoms in total. The fourth-order valence-electron chi connectivity index (χ4n) is 3.65. The Morgan fingerprint density at radius 1 is 0.878 bits per heavy atom. The van der Waals surface area contributed by atoms with Crippen LogP contribution in [0.25, 0.3) is 0 Å². The van der Waals surface area contributed by atoms with Gasteiger partial charge in [-0.2, -0.15) is 0 Å². The molecule has 0 radical (unpaired) electrons. The van der Waals surface area contributed by atoms with Gasteiger partial charge in [-0.1, -0.05) is 36.4 Å². The maximum Gasteiger partial charge on any atom is 0.410 e. The van der Waals surface area contributed by atoms with Crippen LogP contribution in [0.15, 0.2) is 60.0 Å². The lowest BCUT2D eigenvalue weighted by Gasteiger charge is -2.28. The van der Waals surface area contributed by atoms with E-state index >= 15 is 0 Å². The summed E-state index contributed by atoms with van der Waals surface area (Å²) >= 11 is 0. The summed E-state index contributed by atoms with van der Waals surface area (Å²) in [6, 6.07) is 14.3. The molecule has 41 heavy (non-hydrogen) atoms. The molecule has 0 atom stereocenters. The summed E-state index contributed by atoms with van der Waals surface area (Å²) in [5.74, 6) is -2.05. The molecule has 222 valence electrons. The predicted molar refractivity (Wildman–Crippen MR) is 154 cm³/mol. The van der Waals surface area contributed by atoms with E-state index in [1.807, 2.05) is 30.3 Å². The highest BCUT2D eigenvalue weighted by atomic mass is 16.6. The molecular formula is C31H40N2O8. The van der Waals surface area contributed by atoms with Crippen molar-refractivity contribution < 1.29 is 38.1 Å². The number of amides is 2. The molecule has 2 aromatic carbocycles. The third kappa shape index (κ3) is 10.6. The number of methoxy groups -OCH3 is 2. The zero-order chi connectivity index (χ0) is 30.8. The molecule has 0 aliphatic rings. The van der Waals surface area contributed by atoms with Crippen molar-refractivity contribution in [1.82, 2.24) is 4.90 Å². The van der Waals surface area contributed by atoms with Crippen molar-refractivity contribution in [3.05, 3.63) is 76.7 Å².